The van der Waals surface area contributed by atoms with Crippen LogP contribution in [-0.2, 0) is 0 Å². The molecule has 1 amide bonds. The molecule has 8 heteroatoms. The number of likely N-dealkylation sites (N-methyl/N-ethyl adjacent to an activating group) is 1. The van der Waals surface area contributed by atoms with Crippen molar-refractivity contribution in [1.29, 1.82) is 0 Å². The van der Waals surface area contributed by atoms with E-state index in [1.807, 2.05) is 41.4 Å². The molecule has 3 aromatic rings. The molecule has 186 valence electrons. The molecule has 0 unspecified atom stereocenters. The van der Waals surface area contributed by atoms with Crippen molar-refractivity contribution in [2.75, 3.05) is 52.5 Å². The molecule has 0 spiro atoms. The summed E-state index contributed by atoms with van der Waals surface area (Å²) in [5.41, 5.74) is 8.18. The van der Waals surface area contributed by atoms with Gasteiger partial charge >= 0.3 is 0 Å². The molecule has 1 N–H and O–H groups in total. The topological polar surface area (TPSA) is 57.3 Å². The molecule has 0 bridgehead atoms. The van der Waals surface area contributed by atoms with E-state index in [2.05, 4.69) is 34.4 Å². The quantitative estimate of drug-likeness (QED) is 0.533. The normalized spacial score (nSPS) is 15.4. The van der Waals surface area contributed by atoms with Crippen molar-refractivity contribution in [1.82, 2.24) is 15.2 Å². The van der Waals surface area contributed by atoms with Gasteiger partial charge in [0.2, 0.25) is 0 Å². The van der Waals surface area contributed by atoms with Crippen LogP contribution >= 0.6 is 11.6 Å². The van der Waals surface area contributed by atoms with Crippen LogP contribution in [0.15, 0.2) is 60.7 Å². The molecule has 0 atom stereocenters. The van der Waals surface area contributed by atoms with E-state index in [-0.39, 0.29) is 5.91 Å². The molecule has 1 fully saturated rings. The number of piperazine rings is 1. The van der Waals surface area contributed by atoms with E-state index < -0.39 is 0 Å². The first kappa shape index (κ1) is 24.0. The van der Waals surface area contributed by atoms with E-state index >= 15 is 0 Å². The number of nitrogens with one attached hydrogen (secondary N) is 1. The fraction of sp³-hybridized carbons (Fsp3) is 0.250. The minimum absolute atomic E-state index is 0.326. The predicted octanol–water partition coefficient (Wildman–Crippen LogP) is 4.90. The van der Waals surface area contributed by atoms with Crippen molar-refractivity contribution in [3.8, 4) is 11.5 Å². The number of hydrogen-bond donors (Lipinski definition) is 1. The zero-order valence-corrected chi connectivity index (χ0v) is 21.4. The second kappa shape index (κ2) is 10.1. The maximum Gasteiger partial charge on any atom is 0.277 e. The standard InChI is InChI=1S/C28H29ClN4O3/c1-31-13-15-32(16-14-31)24-18-19-17-20(29)11-12-22(19)33(23-8-5-4-7-21(23)24)30-28(34)27-25(35-2)9-6-10-26(27)36-3/h4-12,17-18H,13-16H2,1-3H3,(H,30,34). The number of hydrazine groups is 1. The minimum atomic E-state index is -0.344. The van der Waals surface area contributed by atoms with E-state index in [4.69, 9.17) is 21.1 Å². The summed E-state index contributed by atoms with van der Waals surface area (Å²) in [6.07, 6.45) is 2.17. The highest BCUT2D eigenvalue weighted by molar-refractivity contribution is 6.31. The SMILES string of the molecule is COc1cccc(OC)c1C(=O)NN1c2ccc(Cl)cc2C=C(N2CCN(C)CC2)c2ccccc21. The van der Waals surface area contributed by atoms with Gasteiger partial charge < -0.3 is 19.3 Å². The number of para-hydroxylation sites is 1. The average Bonchev–Trinajstić information content (AvgIpc) is 3.03. The summed E-state index contributed by atoms with van der Waals surface area (Å²) in [4.78, 5) is 18.5. The maximum atomic E-state index is 13.7. The molecule has 1 saturated heterocycles. The highest BCUT2D eigenvalue weighted by Gasteiger charge is 2.29. The molecule has 0 saturated carbocycles. The van der Waals surface area contributed by atoms with Crippen molar-refractivity contribution >= 4 is 40.7 Å². The molecule has 2 heterocycles. The lowest BCUT2D eigenvalue weighted by Gasteiger charge is -2.36. The Morgan fingerprint density at radius 2 is 1.58 bits per heavy atom. The van der Waals surface area contributed by atoms with Gasteiger partial charge in [-0.25, -0.2) is 0 Å². The molecule has 2 aliphatic rings. The summed E-state index contributed by atoms with van der Waals surface area (Å²) in [7, 11) is 5.22. The first-order valence-corrected chi connectivity index (χ1v) is 12.2. The lowest BCUT2D eigenvalue weighted by molar-refractivity contribution is 0.0947. The number of ether oxygens (including phenoxy) is 2. The number of benzene rings is 3. The van der Waals surface area contributed by atoms with Crippen molar-refractivity contribution in [3.63, 3.8) is 0 Å². The Balaban J connectivity index is 1.62. The number of amides is 1. The Morgan fingerprint density at radius 1 is 0.889 bits per heavy atom. The summed E-state index contributed by atoms with van der Waals surface area (Å²) < 4.78 is 11.0. The number of nitrogens with zero attached hydrogens (tertiary/aromatic N) is 3. The van der Waals surface area contributed by atoms with Crippen LogP contribution in [0.2, 0.25) is 5.02 Å². The molecule has 0 aromatic heterocycles. The zero-order chi connectivity index (χ0) is 25.2. The van der Waals surface area contributed by atoms with Crippen molar-refractivity contribution in [2.24, 2.45) is 0 Å². The van der Waals surface area contributed by atoms with E-state index in [1.54, 1.807) is 18.2 Å². The fourth-order valence-corrected chi connectivity index (χ4v) is 4.93. The van der Waals surface area contributed by atoms with Crippen LogP contribution in [0.25, 0.3) is 11.8 Å². The number of hydrogen-bond acceptors (Lipinski definition) is 6. The summed E-state index contributed by atoms with van der Waals surface area (Å²) in [5, 5.41) is 2.46. The van der Waals surface area contributed by atoms with Crippen LogP contribution in [0.5, 0.6) is 11.5 Å². The number of fused-ring (bicyclic) bond motifs is 2. The number of carbonyl (C=O) groups excluding carboxylic acids is 1. The Kier molecular flexibility index (Phi) is 6.76. The van der Waals surface area contributed by atoms with Gasteiger partial charge in [0.1, 0.15) is 17.1 Å². The van der Waals surface area contributed by atoms with Gasteiger partial charge in [-0.1, -0.05) is 35.9 Å². The van der Waals surface area contributed by atoms with Gasteiger partial charge in [0.25, 0.3) is 5.91 Å². The largest absolute Gasteiger partial charge is 0.496 e. The Bertz CT molecular complexity index is 1300. The lowest BCUT2D eigenvalue weighted by Crippen LogP contribution is -2.43. The van der Waals surface area contributed by atoms with Crippen molar-refractivity contribution in [3.05, 3.63) is 82.4 Å². The van der Waals surface area contributed by atoms with Crippen LogP contribution in [0.4, 0.5) is 11.4 Å². The number of carbonyl (C=O) groups is 1. The van der Waals surface area contributed by atoms with Gasteiger partial charge in [-0.15, -0.1) is 0 Å². The third-order valence-corrected chi connectivity index (χ3v) is 6.89. The predicted molar refractivity (Wildman–Crippen MR) is 144 cm³/mol. The third kappa shape index (κ3) is 4.47. The highest BCUT2D eigenvalue weighted by atomic mass is 35.5. The first-order valence-electron chi connectivity index (χ1n) is 11.9. The molecule has 0 radical (unpaired) electrons. The smallest absolute Gasteiger partial charge is 0.277 e. The number of anilines is 2. The molecule has 36 heavy (non-hydrogen) atoms. The summed E-state index contributed by atoms with van der Waals surface area (Å²) in [6, 6.07) is 19.1. The molecule has 2 aliphatic heterocycles. The Morgan fingerprint density at radius 3 is 2.28 bits per heavy atom. The van der Waals surface area contributed by atoms with E-state index in [0.29, 0.717) is 22.1 Å². The second-order valence-electron chi connectivity index (χ2n) is 8.85. The first-order chi connectivity index (χ1) is 17.5. The van der Waals surface area contributed by atoms with Gasteiger partial charge in [-0.3, -0.25) is 15.2 Å². The fourth-order valence-electron chi connectivity index (χ4n) is 4.75. The summed E-state index contributed by atoms with van der Waals surface area (Å²) >= 11 is 6.43. The van der Waals surface area contributed by atoms with Crippen molar-refractivity contribution in [2.45, 2.75) is 0 Å². The van der Waals surface area contributed by atoms with Gasteiger partial charge in [-0.2, -0.15) is 0 Å². The molecule has 5 rings (SSSR count). The zero-order valence-electron chi connectivity index (χ0n) is 20.6. The van der Waals surface area contributed by atoms with Gasteiger partial charge in [0.05, 0.1) is 25.6 Å². The van der Waals surface area contributed by atoms with E-state index in [1.165, 1.54) is 14.2 Å². The summed E-state index contributed by atoms with van der Waals surface area (Å²) in [6.45, 7) is 3.79. The Hall–Kier alpha value is -3.68. The molecular weight excluding hydrogens is 476 g/mol. The van der Waals surface area contributed by atoms with Crippen LogP contribution < -0.4 is 19.9 Å². The molecular formula is C28H29ClN4O3. The van der Waals surface area contributed by atoms with Crippen LogP contribution in [0, 0.1) is 0 Å². The number of rotatable bonds is 5. The summed E-state index contributed by atoms with van der Waals surface area (Å²) in [5.74, 6) is 0.521. The highest BCUT2D eigenvalue weighted by Crippen LogP contribution is 2.41. The van der Waals surface area contributed by atoms with Crippen molar-refractivity contribution < 1.29 is 14.3 Å². The second-order valence-corrected chi connectivity index (χ2v) is 9.29. The van der Waals surface area contributed by atoms with Crippen LogP contribution in [0.1, 0.15) is 21.5 Å². The van der Waals surface area contributed by atoms with E-state index in [9.17, 15) is 4.79 Å². The van der Waals surface area contributed by atoms with Gasteiger partial charge in [-0.05, 0) is 49.5 Å². The number of methoxy groups -OCH3 is 2. The van der Waals surface area contributed by atoms with Gasteiger partial charge in [0, 0.05) is 48.0 Å². The molecule has 3 aromatic carbocycles. The average molecular weight is 505 g/mol. The maximum absolute atomic E-state index is 13.7. The Labute approximate surface area is 216 Å². The van der Waals surface area contributed by atoms with E-state index in [0.717, 1.165) is 54.4 Å². The van der Waals surface area contributed by atoms with Crippen LogP contribution in [-0.4, -0.2) is 63.2 Å². The van der Waals surface area contributed by atoms with Gasteiger partial charge in [0.15, 0.2) is 0 Å². The molecule has 0 aliphatic carbocycles. The monoisotopic (exact) mass is 504 g/mol. The molecule has 7 nitrogen and oxygen atoms in total. The van der Waals surface area contributed by atoms with Crippen LogP contribution in [0.3, 0.4) is 0 Å². The number of halogens is 1. The minimum Gasteiger partial charge on any atom is -0.496 e. The lowest BCUT2D eigenvalue weighted by atomic mass is 10.1. The third-order valence-electron chi connectivity index (χ3n) is 6.66.